The van der Waals surface area contributed by atoms with E-state index in [-0.39, 0.29) is 12.4 Å². The van der Waals surface area contributed by atoms with E-state index in [1.807, 2.05) is 0 Å². The summed E-state index contributed by atoms with van der Waals surface area (Å²) in [6.07, 6.45) is 11.5. The minimum absolute atomic E-state index is 0. The second-order valence-electron chi connectivity index (χ2n) is 5.59. The van der Waals surface area contributed by atoms with E-state index in [4.69, 9.17) is 0 Å². The molecule has 1 radical (unpaired) electrons. The highest BCUT2D eigenvalue weighted by atomic mass is 35.5. The zero-order chi connectivity index (χ0) is 12.9. The van der Waals surface area contributed by atoms with E-state index in [2.05, 4.69) is 27.7 Å². The molecular formula is C16H35AlCl. The summed E-state index contributed by atoms with van der Waals surface area (Å²) in [5.74, 6) is 2.10. The highest BCUT2D eigenvalue weighted by Gasteiger charge is 2.10. The SMILES string of the molecule is CCCCC(CC)[CH2][Al][CH2]C(CC)CCCC.Cl. The van der Waals surface area contributed by atoms with Gasteiger partial charge in [-0.15, -0.1) is 23.0 Å². The summed E-state index contributed by atoms with van der Waals surface area (Å²) in [5, 5.41) is 3.14. The monoisotopic (exact) mass is 289 g/mol. The average Bonchev–Trinajstić information content (AvgIpc) is 2.37. The van der Waals surface area contributed by atoms with E-state index in [0.717, 1.165) is 27.1 Å². The van der Waals surface area contributed by atoms with Crippen LogP contribution in [0.2, 0.25) is 10.6 Å². The molecule has 0 aromatic carbocycles. The minimum Gasteiger partial charge on any atom is -0.147 e. The van der Waals surface area contributed by atoms with Crippen molar-refractivity contribution in [2.24, 2.45) is 11.8 Å². The predicted molar refractivity (Wildman–Crippen MR) is 89.2 cm³/mol. The summed E-state index contributed by atoms with van der Waals surface area (Å²) >= 11 is 0.734. The number of rotatable bonds is 12. The van der Waals surface area contributed by atoms with Gasteiger partial charge in [-0.25, -0.2) is 0 Å². The minimum atomic E-state index is 0. The Morgan fingerprint density at radius 2 is 1.11 bits per heavy atom. The molecule has 2 atom stereocenters. The van der Waals surface area contributed by atoms with Gasteiger partial charge in [0.2, 0.25) is 15.2 Å². The van der Waals surface area contributed by atoms with Crippen LogP contribution in [0.3, 0.4) is 0 Å². The molecule has 0 aliphatic carbocycles. The first-order valence-corrected chi connectivity index (χ1v) is 9.73. The number of hydrogen-bond donors (Lipinski definition) is 0. The van der Waals surface area contributed by atoms with E-state index < -0.39 is 0 Å². The second-order valence-corrected chi connectivity index (χ2v) is 7.11. The Kier molecular flexibility index (Phi) is 18.6. The largest absolute Gasteiger partial charge is 0.200 e. The Hall–Kier alpha value is 0.822. The van der Waals surface area contributed by atoms with Crippen LogP contribution in [-0.4, -0.2) is 15.2 Å². The smallest absolute Gasteiger partial charge is 0.147 e. The van der Waals surface area contributed by atoms with Gasteiger partial charge in [-0.3, -0.25) is 0 Å². The zero-order valence-electron chi connectivity index (χ0n) is 13.2. The van der Waals surface area contributed by atoms with Crippen molar-refractivity contribution < 1.29 is 0 Å². The number of halogens is 1. The Bertz CT molecular complexity index is 134. The maximum Gasteiger partial charge on any atom is 0.200 e. The molecule has 0 fully saturated rings. The van der Waals surface area contributed by atoms with Crippen molar-refractivity contribution in [3.8, 4) is 0 Å². The van der Waals surface area contributed by atoms with Crippen LogP contribution in [0.15, 0.2) is 0 Å². The van der Waals surface area contributed by atoms with Gasteiger partial charge in [-0.2, -0.15) is 0 Å². The Labute approximate surface area is 129 Å². The molecule has 0 saturated carbocycles. The van der Waals surface area contributed by atoms with Crippen molar-refractivity contribution in [2.45, 2.75) is 89.6 Å². The van der Waals surface area contributed by atoms with E-state index >= 15 is 0 Å². The molecule has 0 aromatic heterocycles. The molecule has 0 aliphatic heterocycles. The van der Waals surface area contributed by atoms with Crippen LogP contribution in [0.25, 0.3) is 0 Å². The van der Waals surface area contributed by atoms with Gasteiger partial charge in [0.05, 0.1) is 0 Å². The quantitative estimate of drug-likeness (QED) is 0.366. The first-order chi connectivity index (χ1) is 8.28. The maximum absolute atomic E-state index is 2.38. The summed E-state index contributed by atoms with van der Waals surface area (Å²) < 4.78 is 0. The van der Waals surface area contributed by atoms with Crippen LogP contribution >= 0.6 is 12.4 Å². The van der Waals surface area contributed by atoms with Gasteiger partial charge >= 0.3 is 0 Å². The molecule has 0 amide bonds. The molecule has 0 aromatic rings. The van der Waals surface area contributed by atoms with Crippen LogP contribution in [0, 0.1) is 11.8 Å². The lowest BCUT2D eigenvalue weighted by Crippen LogP contribution is -2.08. The molecule has 2 heteroatoms. The summed E-state index contributed by atoms with van der Waals surface area (Å²) in [7, 11) is 0. The molecule has 0 N–H and O–H groups in total. The lowest BCUT2D eigenvalue weighted by atomic mass is 10.0. The van der Waals surface area contributed by atoms with Gasteiger partial charge in [-0.05, 0) is 0 Å². The summed E-state index contributed by atoms with van der Waals surface area (Å²) in [4.78, 5) is 0. The maximum atomic E-state index is 2.38. The Morgan fingerprint density at radius 3 is 1.39 bits per heavy atom. The molecule has 0 bridgehead atoms. The van der Waals surface area contributed by atoms with Gasteiger partial charge in [0, 0.05) is 0 Å². The van der Waals surface area contributed by atoms with Crippen LogP contribution in [0.4, 0.5) is 0 Å². The Balaban J connectivity index is 0. The fourth-order valence-electron chi connectivity index (χ4n) is 2.53. The molecular weight excluding hydrogens is 255 g/mol. The van der Waals surface area contributed by atoms with Crippen LogP contribution < -0.4 is 0 Å². The van der Waals surface area contributed by atoms with Crippen LogP contribution in [0.5, 0.6) is 0 Å². The highest BCUT2D eigenvalue weighted by Crippen LogP contribution is 2.21. The average molecular weight is 290 g/mol. The van der Waals surface area contributed by atoms with E-state index in [1.54, 1.807) is 10.6 Å². The van der Waals surface area contributed by atoms with Gasteiger partial charge < -0.3 is 0 Å². The van der Waals surface area contributed by atoms with Gasteiger partial charge in [-0.1, -0.05) is 90.9 Å². The molecule has 0 aliphatic rings. The molecule has 0 nitrogen and oxygen atoms in total. The summed E-state index contributed by atoms with van der Waals surface area (Å²) in [6, 6.07) is 0. The van der Waals surface area contributed by atoms with E-state index in [9.17, 15) is 0 Å². The Morgan fingerprint density at radius 1 is 0.722 bits per heavy atom. The van der Waals surface area contributed by atoms with Crippen molar-refractivity contribution in [3.63, 3.8) is 0 Å². The van der Waals surface area contributed by atoms with Gasteiger partial charge in [0.15, 0.2) is 0 Å². The second kappa shape index (κ2) is 15.9. The first-order valence-electron chi connectivity index (χ1n) is 8.09. The fourth-order valence-corrected chi connectivity index (χ4v) is 4.80. The first kappa shape index (κ1) is 21.1. The molecule has 0 rings (SSSR count). The molecule has 109 valence electrons. The third kappa shape index (κ3) is 11.9. The van der Waals surface area contributed by atoms with Crippen molar-refractivity contribution in [2.75, 3.05) is 0 Å². The fraction of sp³-hybridized carbons (Fsp3) is 1.00. The van der Waals surface area contributed by atoms with Gasteiger partial charge in [0.1, 0.15) is 0 Å². The molecule has 0 heterocycles. The number of hydrogen-bond acceptors (Lipinski definition) is 0. The predicted octanol–water partition coefficient (Wildman–Crippen LogP) is 6.38. The molecule has 18 heavy (non-hydrogen) atoms. The van der Waals surface area contributed by atoms with Crippen LogP contribution in [-0.2, 0) is 0 Å². The molecule has 0 spiro atoms. The van der Waals surface area contributed by atoms with E-state index in [0.29, 0.717) is 0 Å². The lowest BCUT2D eigenvalue weighted by molar-refractivity contribution is 0.474. The highest BCUT2D eigenvalue weighted by molar-refractivity contribution is 6.35. The number of unbranched alkanes of at least 4 members (excludes halogenated alkanes) is 2. The van der Waals surface area contributed by atoms with Gasteiger partial charge in [0.25, 0.3) is 0 Å². The van der Waals surface area contributed by atoms with Crippen molar-refractivity contribution in [3.05, 3.63) is 0 Å². The summed E-state index contributed by atoms with van der Waals surface area (Å²) in [5.41, 5.74) is 0. The lowest BCUT2D eigenvalue weighted by Gasteiger charge is -2.17. The molecule has 2 unspecified atom stereocenters. The standard InChI is InChI=1S/2C8H17.Al.ClH/c2*1-4-6-7-8(3)5-2;;/h2*8H,3-7H2,1-2H3;;1H. The molecule has 0 saturated heterocycles. The zero-order valence-corrected chi connectivity index (χ0v) is 15.2. The third-order valence-electron chi connectivity index (χ3n) is 4.09. The normalized spacial score (nSPS) is 13.8. The van der Waals surface area contributed by atoms with Crippen molar-refractivity contribution in [1.29, 1.82) is 0 Å². The van der Waals surface area contributed by atoms with Crippen molar-refractivity contribution >= 4 is 27.6 Å². The van der Waals surface area contributed by atoms with Crippen LogP contribution in [0.1, 0.15) is 79.1 Å². The third-order valence-corrected chi connectivity index (χ3v) is 6.09. The van der Waals surface area contributed by atoms with Crippen molar-refractivity contribution in [1.82, 2.24) is 0 Å². The van der Waals surface area contributed by atoms with E-state index in [1.165, 1.54) is 51.4 Å². The summed E-state index contributed by atoms with van der Waals surface area (Å²) in [6.45, 7) is 9.40. The topological polar surface area (TPSA) is 0 Å².